The third-order valence-electron chi connectivity index (χ3n) is 3.77. The summed E-state index contributed by atoms with van der Waals surface area (Å²) in [6.45, 7) is 3.12. The molecule has 1 N–H and O–H groups in total. The number of aromatic nitrogens is 2. The lowest BCUT2D eigenvalue weighted by Gasteiger charge is -2.19. The van der Waals surface area contributed by atoms with Gasteiger partial charge < -0.3 is 4.98 Å². The Balaban J connectivity index is 1.99. The van der Waals surface area contributed by atoms with Gasteiger partial charge in [0, 0.05) is 13.1 Å². The Bertz CT molecular complexity index is 713. The number of nitrogens with zero attached hydrogens (tertiary/aromatic N) is 2. The highest BCUT2D eigenvalue weighted by molar-refractivity contribution is 7.89. The van der Waals surface area contributed by atoms with E-state index in [0.29, 0.717) is 18.0 Å². The van der Waals surface area contributed by atoms with Crippen LogP contribution in [0.15, 0.2) is 23.1 Å². The standard InChI is InChI=1S/C14H19N3O2S/c1-11-15-13-7-6-12(10-14(13)16-11)20(18,19)17-8-4-2-3-5-9-17/h6-7,10H,2-5,8-9H2,1H3,(H,15,16). The van der Waals surface area contributed by atoms with Crippen LogP contribution in [0, 0.1) is 6.92 Å². The molecule has 1 fully saturated rings. The lowest BCUT2D eigenvalue weighted by atomic mass is 10.2. The van der Waals surface area contributed by atoms with Gasteiger partial charge in [-0.1, -0.05) is 12.8 Å². The van der Waals surface area contributed by atoms with E-state index in [9.17, 15) is 8.42 Å². The second-order valence-electron chi connectivity index (χ2n) is 5.32. The number of fused-ring (bicyclic) bond motifs is 1. The van der Waals surface area contributed by atoms with Crippen molar-refractivity contribution >= 4 is 21.1 Å². The number of rotatable bonds is 2. The Kier molecular flexibility index (Phi) is 3.52. The summed E-state index contributed by atoms with van der Waals surface area (Å²) in [4.78, 5) is 7.75. The molecule has 0 aliphatic carbocycles. The summed E-state index contributed by atoms with van der Waals surface area (Å²) in [5.74, 6) is 0.796. The number of hydrogen-bond donors (Lipinski definition) is 1. The normalized spacial score (nSPS) is 18.2. The monoisotopic (exact) mass is 293 g/mol. The number of hydrogen-bond acceptors (Lipinski definition) is 3. The van der Waals surface area contributed by atoms with E-state index >= 15 is 0 Å². The first-order chi connectivity index (χ1) is 9.57. The zero-order valence-corrected chi connectivity index (χ0v) is 12.4. The Morgan fingerprint density at radius 3 is 2.55 bits per heavy atom. The van der Waals surface area contributed by atoms with Gasteiger partial charge in [-0.2, -0.15) is 4.31 Å². The van der Waals surface area contributed by atoms with Crippen LogP contribution in [0.1, 0.15) is 31.5 Å². The van der Waals surface area contributed by atoms with Crippen LogP contribution in [-0.2, 0) is 10.0 Å². The number of aromatic amines is 1. The molecule has 0 spiro atoms. The summed E-state index contributed by atoms with van der Waals surface area (Å²) < 4.78 is 27.0. The van der Waals surface area contributed by atoms with E-state index in [2.05, 4.69) is 9.97 Å². The van der Waals surface area contributed by atoms with E-state index in [4.69, 9.17) is 0 Å². The molecule has 3 rings (SSSR count). The van der Waals surface area contributed by atoms with E-state index in [1.807, 2.05) is 6.92 Å². The van der Waals surface area contributed by atoms with Crippen molar-refractivity contribution in [1.82, 2.24) is 14.3 Å². The van der Waals surface area contributed by atoms with Gasteiger partial charge in [-0.05, 0) is 38.0 Å². The second-order valence-corrected chi connectivity index (χ2v) is 7.26. The highest BCUT2D eigenvalue weighted by Gasteiger charge is 2.25. The topological polar surface area (TPSA) is 66.1 Å². The average Bonchev–Trinajstić information content (AvgIpc) is 2.63. The van der Waals surface area contributed by atoms with Crippen molar-refractivity contribution in [3.8, 4) is 0 Å². The molecule has 108 valence electrons. The van der Waals surface area contributed by atoms with Crippen LogP contribution < -0.4 is 0 Å². The summed E-state index contributed by atoms with van der Waals surface area (Å²) in [6.07, 6.45) is 4.13. The number of imidazole rings is 1. The van der Waals surface area contributed by atoms with Gasteiger partial charge in [0.1, 0.15) is 5.82 Å². The highest BCUT2D eigenvalue weighted by Crippen LogP contribution is 2.23. The quantitative estimate of drug-likeness (QED) is 0.924. The minimum Gasteiger partial charge on any atom is -0.342 e. The fourth-order valence-corrected chi connectivity index (χ4v) is 4.25. The molecule has 1 saturated heterocycles. The molecule has 0 atom stereocenters. The van der Waals surface area contributed by atoms with E-state index < -0.39 is 10.0 Å². The van der Waals surface area contributed by atoms with Crippen LogP contribution in [0.2, 0.25) is 0 Å². The van der Waals surface area contributed by atoms with Crippen molar-refractivity contribution in [3.63, 3.8) is 0 Å². The van der Waals surface area contributed by atoms with Gasteiger partial charge in [-0.3, -0.25) is 0 Å². The molecule has 0 saturated carbocycles. The number of sulfonamides is 1. The fourth-order valence-electron chi connectivity index (χ4n) is 2.71. The second kappa shape index (κ2) is 5.18. The van der Waals surface area contributed by atoms with E-state index in [0.717, 1.165) is 42.5 Å². The van der Waals surface area contributed by atoms with E-state index in [1.165, 1.54) is 0 Å². The molecule has 0 amide bonds. The lowest BCUT2D eigenvalue weighted by molar-refractivity contribution is 0.424. The molecule has 20 heavy (non-hydrogen) atoms. The van der Waals surface area contributed by atoms with E-state index in [-0.39, 0.29) is 0 Å². The fraction of sp³-hybridized carbons (Fsp3) is 0.500. The van der Waals surface area contributed by atoms with Gasteiger partial charge in [0.05, 0.1) is 15.9 Å². The molecular formula is C14H19N3O2S. The molecule has 1 aromatic carbocycles. The van der Waals surface area contributed by atoms with Gasteiger partial charge in [0.2, 0.25) is 10.0 Å². The van der Waals surface area contributed by atoms with Crippen molar-refractivity contribution in [2.45, 2.75) is 37.5 Å². The predicted molar refractivity (Wildman–Crippen MR) is 78.1 cm³/mol. The van der Waals surface area contributed by atoms with Crippen molar-refractivity contribution < 1.29 is 8.42 Å². The number of benzene rings is 1. The van der Waals surface area contributed by atoms with Gasteiger partial charge in [0.25, 0.3) is 0 Å². The molecule has 2 aromatic rings. The SMILES string of the molecule is Cc1nc2ccc(S(=O)(=O)N3CCCCCC3)cc2[nH]1. The van der Waals surface area contributed by atoms with Gasteiger partial charge in [0.15, 0.2) is 0 Å². The zero-order valence-electron chi connectivity index (χ0n) is 11.6. The minimum atomic E-state index is -3.38. The van der Waals surface area contributed by atoms with Crippen molar-refractivity contribution in [3.05, 3.63) is 24.0 Å². The third kappa shape index (κ3) is 2.45. The molecule has 1 aliphatic rings. The smallest absolute Gasteiger partial charge is 0.243 e. The maximum absolute atomic E-state index is 12.7. The Labute approximate surface area is 119 Å². The van der Waals surface area contributed by atoms with Gasteiger partial charge in [-0.25, -0.2) is 13.4 Å². The molecule has 6 heteroatoms. The first-order valence-corrected chi connectivity index (χ1v) is 8.48. The third-order valence-corrected chi connectivity index (χ3v) is 5.67. The summed E-state index contributed by atoms with van der Waals surface area (Å²) in [5.41, 5.74) is 1.58. The molecule has 0 unspecified atom stereocenters. The first-order valence-electron chi connectivity index (χ1n) is 7.04. The summed E-state index contributed by atoms with van der Waals surface area (Å²) >= 11 is 0. The van der Waals surface area contributed by atoms with Crippen LogP contribution in [0.25, 0.3) is 11.0 Å². The summed E-state index contributed by atoms with van der Waals surface area (Å²) in [6, 6.07) is 5.11. The Morgan fingerprint density at radius 2 is 1.85 bits per heavy atom. The molecule has 0 bridgehead atoms. The van der Waals surface area contributed by atoms with Crippen LogP contribution in [0.5, 0.6) is 0 Å². The molecule has 2 heterocycles. The van der Waals surface area contributed by atoms with Gasteiger partial charge in [-0.15, -0.1) is 0 Å². The van der Waals surface area contributed by atoms with Crippen LogP contribution >= 0.6 is 0 Å². The zero-order chi connectivity index (χ0) is 14.2. The summed E-state index contributed by atoms with van der Waals surface area (Å²) in [7, 11) is -3.38. The highest BCUT2D eigenvalue weighted by atomic mass is 32.2. The first kappa shape index (κ1) is 13.6. The number of aryl methyl sites for hydroxylation is 1. The average molecular weight is 293 g/mol. The molecule has 1 aromatic heterocycles. The summed E-state index contributed by atoms with van der Waals surface area (Å²) in [5, 5.41) is 0. The van der Waals surface area contributed by atoms with Crippen LogP contribution in [0.3, 0.4) is 0 Å². The van der Waals surface area contributed by atoms with Crippen molar-refractivity contribution in [2.24, 2.45) is 0 Å². The van der Waals surface area contributed by atoms with Crippen molar-refractivity contribution in [2.75, 3.05) is 13.1 Å². The maximum atomic E-state index is 12.7. The minimum absolute atomic E-state index is 0.357. The Hall–Kier alpha value is -1.40. The van der Waals surface area contributed by atoms with Crippen LogP contribution in [-0.4, -0.2) is 35.8 Å². The van der Waals surface area contributed by atoms with E-state index in [1.54, 1.807) is 22.5 Å². The van der Waals surface area contributed by atoms with Crippen molar-refractivity contribution in [1.29, 1.82) is 0 Å². The molecular weight excluding hydrogens is 274 g/mol. The molecule has 5 nitrogen and oxygen atoms in total. The maximum Gasteiger partial charge on any atom is 0.243 e. The molecule has 1 aliphatic heterocycles. The van der Waals surface area contributed by atoms with Crippen LogP contribution in [0.4, 0.5) is 0 Å². The lowest BCUT2D eigenvalue weighted by Crippen LogP contribution is -2.31. The molecule has 0 radical (unpaired) electrons. The predicted octanol–water partition coefficient (Wildman–Crippen LogP) is 2.44. The number of H-pyrrole nitrogens is 1. The largest absolute Gasteiger partial charge is 0.342 e. The number of nitrogens with one attached hydrogen (secondary N) is 1. The Morgan fingerprint density at radius 1 is 1.15 bits per heavy atom. The van der Waals surface area contributed by atoms with Gasteiger partial charge >= 0.3 is 0 Å².